The van der Waals surface area contributed by atoms with Gasteiger partial charge in [0.15, 0.2) is 0 Å². The van der Waals surface area contributed by atoms with Gasteiger partial charge in [-0.3, -0.25) is 0 Å². The number of piperidine rings is 1. The molecule has 0 radical (unpaired) electrons. The summed E-state index contributed by atoms with van der Waals surface area (Å²) in [6.07, 6.45) is 2.18. The normalized spacial score (nSPS) is 16.7. The third kappa shape index (κ3) is 3.01. The molecule has 1 aliphatic rings. The molecule has 98 valence electrons. The highest BCUT2D eigenvalue weighted by Gasteiger charge is 2.20. The second-order valence-electron chi connectivity index (χ2n) is 4.96. The van der Waals surface area contributed by atoms with Crippen LogP contribution in [0.2, 0.25) is 0 Å². The van der Waals surface area contributed by atoms with Crippen LogP contribution in [0.1, 0.15) is 25.3 Å². The molecule has 4 heteroatoms. The molecule has 1 aromatic carbocycles. The van der Waals surface area contributed by atoms with E-state index in [4.69, 9.17) is 5.73 Å². The molecule has 0 aromatic heterocycles. The lowest BCUT2D eigenvalue weighted by atomic mass is 10.00. The quantitative estimate of drug-likeness (QED) is 0.843. The molecule has 0 aliphatic carbocycles. The van der Waals surface area contributed by atoms with Gasteiger partial charge in [0.2, 0.25) is 0 Å². The molecular weight excluding hydrogens is 226 g/mol. The fourth-order valence-corrected chi connectivity index (χ4v) is 2.23. The van der Waals surface area contributed by atoms with Crippen molar-refractivity contribution in [2.24, 2.45) is 11.7 Å². The summed E-state index contributed by atoms with van der Waals surface area (Å²) in [5.41, 5.74) is 7.45. The minimum atomic E-state index is -0.0113. The number of likely N-dealkylation sites (tertiary alicyclic amines) is 1. The van der Waals surface area contributed by atoms with E-state index in [2.05, 4.69) is 12.2 Å². The van der Waals surface area contributed by atoms with E-state index in [1.54, 1.807) is 0 Å². The minimum Gasteiger partial charge on any atom is -0.326 e. The van der Waals surface area contributed by atoms with Crippen LogP contribution in [0.25, 0.3) is 0 Å². The van der Waals surface area contributed by atoms with Gasteiger partial charge in [0.1, 0.15) is 0 Å². The number of rotatable bonds is 2. The molecule has 3 N–H and O–H groups in total. The number of nitrogens with zero attached hydrogens (tertiary/aromatic N) is 1. The largest absolute Gasteiger partial charge is 0.326 e. The second kappa shape index (κ2) is 5.87. The van der Waals surface area contributed by atoms with Crippen molar-refractivity contribution in [3.63, 3.8) is 0 Å². The summed E-state index contributed by atoms with van der Waals surface area (Å²) in [5.74, 6) is 0.727. The van der Waals surface area contributed by atoms with Crippen LogP contribution in [0.3, 0.4) is 0 Å². The molecule has 1 heterocycles. The molecular formula is C14H21N3O. The number of nitrogens with one attached hydrogen (secondary N) is 1. The van der Waals surface area contributed by atoms with Crippen LogP contribution in [-0.2, 0) is 6.54 Å². The Kier molecular flexibility index (Phi) is 4.20. The smallest absolute Gasteiger partial charge is 0.321 e. The molecule has 18 heavy (non-hydrogen) atoms. The van der Waals surface area contributed by atoms with Crippen LogP contribution in [0, 0.1) is 5.92 Å². The summed E-state index contributed by atoms with van der Waals surface area (Å²) in [5, 5.41) is 2.95. The Hall–Kier alpha value is -1.55. The van der Waals surface area contributed by atoms with E-state index < -0.39 is 0 Å². The molecule has 1 aliphatic heterocycles. The Morgan fingerprint density at radius 3 is 2.72 bits per heavy atom. The highest BCUT2D eigenvalue weighted by molar-refractivity contribution is 5.90. The maximum Gasteiger partial charge on any atom is 0.321 e. The van der Waals surface area contributed by atoms with Crippen molar-refractivity contribution < 1.29 is 4.79 Å². The first-order chi connectivity index (χ1) is 8.70. The zero-order valence-corrected chi connectivity index (χ0v) is 10.9. The van der Waals surface area contributed by atoms with E-state index in [1.165, 1.54) is 0 Å². The third-order valence-corrected chi connectivity index (χ3v) is 3.55. The Morgan fingerprint density at radius 2 is 2.06 bits per heavy atom. The van der Waals surface area contributed by atoms with Crippen LogP contribution in [0.5, 0.6) is 0 Å². The van der Waals surface area contributed by atoms with Gasteiger partial charge in [0.05, 0.1) is 0 Å². The third-order valence-electron chi connectivity index (χ3n) is 3.55. The molecule has 0 spiro atoms. The zero-order chi connectivity index (χ0) is 13.0. The van der Waals surface area contributed by atoms with E-state index in [0.29, 0.717) is 6.54 Å². The topological polar surface area (TPSA) is 58.4 Å². The summed E-state index contributed by atoms with van der Waals surface area (Å²) < 4.78 is 0. The predicted octanol–water partition coefficient (Wildman–Crippen LogP) is 2.41. The standard InChI is InChI=1S/C14H21N3O/c1-11-6-8-17(9-7-11)14(18)16-13-5-3-2-4-12(13)10-15/h2-5,11H,6-10,15H2,1H3,(H,16,18). The van der Waals surface area contributed by atoms with Gasteiger partial charge in [-0.25, -0.2) is 4.79 Å². The number of nitrogens with two attached hydrogens (primary N) is 1. The number of amides is 2. The summed E-state index contributed by atoms with van der Waals surface area (Å²) in [7, 11) is 0. The zero-order valence-electron chi connectivity index (χ0n) is 10.9. The van der Waals surface area contributed by atoms with Crippen LogP contribution in [0.15, 0.2) is 24.3 Å². The van der Waals surface area contributed by atoms with Crippen molar-refractivity contribution in [2.45, 2.75) is 26.3 Å². The van der Waals surface area contributed by atoms with E-state index >= 15 is 0 Å². The highest BCUT2D eigenvalue weighted by atomic mass is 16.2. The van der Waals surface area contributed by atoms with Gasteiger partial charge in [0.25, 0.3) is 0 Å². The molecule has 2 amide bonds. The molecule has 2 rings (SSSR count). The van der Waals surface area contributed by atoms with Crippen LogP contribution in [-0.4, -0.2) is 24.0 Å². The molecule has 1 saturated heterocycles. The van der Waals surface area contributed by atoms with Crippen LogP contribution in [0.4, 0.5) is 10.5 Å². The minimum absolute atomic E-state index is 0.0113. The Morgan fingerprint density at radius 1 is 1.39 bits per heavy atom. The van der Waals surface area contributed by atoms with Crippen molar-refractivity contribution in [1.29, 1.82) is 0 Å². The summed E-state index contributed by atoms with van der Waals surface area (Å²) in [6, 6.07) is 7.66. The van der Waals surface area contributed by atoms with Gasteiger partial charge < -0.3 is 16.0 Å². The number of urea groups is 1. The fourth-order valence-electron chi connectivity index (χ4n) is 2.23. The Labute approximate surface area is 108 Å². The maximum atomic E-state index is 12.1. The van der Waals surface area contributed by atoms with Crippen molar-refractivity contribution in [3.8, 4) is 0 Å². The molecule has 0 atom stereocenters. The highest BCUT2D eigenvalue weighted by Crippen LogP contribution is 2.19. The molecule has 1 fully saturated rings. The van der Waals surface area contributed by atoms with E-state index in [0.717, 1.165) is 43.1 Å². The van der Waals surface area contributed by atoms with Crippen molar-refractivity contribution in [3.05, 3.63) is 29.8 Å². The Balaban J connectivity index is 1.98. The first-order valence-corrected chi connectivity index (χ1v) is 6.54. The summed E-state index contributed by atoms with van der Waals surface area (Å²) in [4.78, 5) is 14.0. The average molecular weight is 247 g/mol. The van der Waals surface area contributed by atoms with Crippen molar-refractivity contribution >= 4 is 11.7 Å². The number of benzene rings is 1. The number of hydrogen-bond acceptors (Lipinski definition) is 2. The van der Waals surface area contributed by atoms with Gasteiger partial charge >= 0.3 is 6.03 Å². The average Bonchev–Trinajstić information content (AvgIpc) is 2.40. The number of anilines is 1. The van der Waals surface area contributed by atoms with Gasteiger partial charge in [-0.05, 0) is 30.4 Å². The van der Waals surface area contributed by atoms with Crippen LogP contribution >= 0.6 is 0 Å². The summed E-state index contributed by atoms with van der Waals surface area (Å²) >= 11 is 0. The van der Waals surface area contributed by atoms with E-state index in [1.807, 2.05) is 29.2 Å². The summed E-state index contributed by atoms with van der Waals surface area (Å²) in [6.45, 7) is 4.36. The first-order valence-electron chi connectivity index (χ1n) is 6.54. The Bertz CT molecular complexity index is 411. The monoisotopic (exact) mass is 247 g/mol. The first kappa shape index (κ1) is 12.9. The van der Waals surface area contributed by atoms with Crippen molar-refractivity contribution in [1.82, 2.24) is 4.90 Å². The lowest BCUT2D eigenvalue weighted by Crippen LogP contribution is -2.40. The van der Waals surface area contributed by atoms with Gasteiger partial charge in [-0.2, -0.15) is 0 Å². The predicted molar refractivity (Wildman–Crippen MR) is 73.3 cm³/mol. The molecule has 0 unspecified atom stereocenters. The maximum absolute atomic E-state index is 12.1. The van der Waals surface area contributed by atoms with E-state index in [9.17, 15) is 4.79 Å². The van der Waals surface area contributed by atoms with Gasteiger partial charge in [-0.1, -0.05) is 25.1 Å². The molecule has 4 nitrogen and oxygen atoms in total. The second-order valence-corrected chi connectivity index (χ2v) is 4.96. The molecule has 1 aromatic rings. The number of carbonyl (C=O) groups is 1. The number of hydrogen-bond donors (Lipinski definition) is 2. The number of carbonyl (C=O) groups excluding carboxylic acids is 1. The molecule has 0 saturated carbocycles. The number of para-hydroxylation sites is 1. The lowest BCUT2D eigenvalue weighted by Gasteiger charge is -2.30. The van der Waals surface area contributed by atoms with Gasteiger partial charge in [0, 0.05) is 25.3 Å². The van der Waals surface area contributed by atoms with E-state index in [-0.39, 0.29) is 6.03 Å². The van der Waals surface area contributed by atoms with Gasteiger partial charge in [-0.15, -0.1) is 0 Å². The van der Waals surface area contributed by atoms with Crippen LogP contribution < -0.4 is 11.1 Å². The van der Waals surface area contributed by atoms with Crippen molar-refractivity contribution in [2.75, 3.05) is 18.4 Å². The lowest BCUT2D eigenvalue weighted by molar-refractivity contribution is 0.186. The molecule has 0 bridgehead atoms. The fraction of sp³-hybridized carbons (Fsp3) is 0.500. The SMILES string of the molecule is CC1CCN(C(=O)Nc2ccccc2CN)CC1.